The Labute approximate surface area is 195 Å². The van der Waals surface area contributed by atoms with E-state index in [2.05, 4.69) is 44.5 Å². The van der Waals surface area contributed by atoms with Crippen LogP contribution >= 0.6 is 0 Å². The van der Waals surface area contributed by atoms with Gasteiger partial charge in [0, 0.05) is 12.5 Å². The van der Waals surface area contributed by atoms with Crippen molar-refractivity contribution in [3.63, 3.8) is 0 Å². The number of benzene rings is 2. The second-order valence-corrected chi connectivity index (χ2v) is 8.24. The molecule has 1 saturated heterocycles. The lowest BCUT2D eigenvalue weighted by molar-refractivity contribution is -0.0511. The first kappa shape index (κ1) is 22.2. The molecule has 6 N–H and O–H groups in total. The number of nitrogen functional groups attached to an aromatic ring is 1. The van der Waals surface area contributed by atoms with E-state index in [-0.39, 0.29) is 11.7 Å². The molecule has 4 aromatic rings. The zero-order valence-corrected chi connectivity index (χ0v) is 18.3. The topological polar surface area (TPSA) is 152 Å². The summed E-state index contributed by atoms with van der Waals surface area (Å²) >= 11 is 0. The average Bonchev–Trinajstić information content (AvgIpc) is 3.41. The number of nitrogens with one attached hydrogen (secondary N) is 1. The Bertz CT molecular complexity index is 1210. The lowest BCUT2D eigenvalue weighted by Gasteiger charge is -2.19. The molecule has 5 rings (SSSR count). The summed E-state index contributed by atoms with van der Waals surface area (Å²) in [5.41, 5.74) is 9.14. The largest absolute Gasteiger partial charge is 0.394 e. The molecule has 0 amide bonds. The van der Waals surface area contributed by atoms with Crippen LogP contribution in [0.5, 0.6) is 0 Å². The molecule has 0 radical (unpaired) electrons. The van der Waals surface area contributed by atoms with Crippen LogP contribution in [0.1, 0.15) is 23.3 Å². The second kappa shape index (κ2) is 9.35. The van der Waals surface area contributed by atoms with Gasteiger partial charge in [0.05, 0.1) is 12.9 Å². The van der Waals surface area contributed by atoms with Gasteiger partial charge in [-0.2, -0.15) is 9.97 Å². The van der Waals surface area contributed by atoms with Crippen LogP contribution in [0.3, 0.4) is 0 Å². The maximum absolute atomic E-state index is 10.4. The maximum atomic E-state index is 10.4. The van der Waals surface area contributed by atoms with E-state index in [1.165, 1.54) is 10.9 Å². The van der Waals surface area contributed by atoms with Crippen molar-refractivity contribution >= 4 is 22.9 Å². The molecule has 2 aromatic carbocycles. The van der Waals surface area contributed by atoms with E-state index in [9.17, 15) is 15.3 Å². The van der Waals surface area contributed by atoms with Crippen LogP contribution in [-0.4, -0.2) is 66.3 Å². The predicted octanol–water partition coefficient (Wildman–Crippen LogP) is 1.26. The molecular formula is C24H26N6O4. The van der Waals surface area contributed by atoms with Gasteiger partial charge in [-0.3, -0.25) is 4.57 Å². The van der Waals surface area contributed by atoms with Crippen molar-refractivity contribution < 1.29 is 20.1 Å². The predicted molar refractivity (Wildman–Crippen MR) is 126 cm³/mol. The summed E-state index contributed by atoms with van der Waals surface area (Å²) in [7, 11) is 0. The first-order valence-corrected chi connectivity index (χ1v) is 11.0. The fraction of sp³-hybridized carbons (Fsp3) is 0.292. The van der Waals surface area contributed by atoms with E-state index in [1.54, 1.807) is 0 Å². The summed E-state index contributed by atoms with van der Waals surface area (Å²) in [4.78, 5) is 13.2. The summed E-state index contributed by atoms with van der Waals surface area (Å²) in [6.07, 6.45) is -2.95. The van der Waals surface area contributed by atoms with E-state index in [0.717, 1.165) is 11.1 Å². The second-order valence-electron chi connectivity index (χ2n) is 8.24. The summed E-state index contributed by atoms with van der Waals surface area (Å²) < 4.78 is 7.13. The molecule has 2 unspecified atom stereocenters. The van der Waals surface area contributed by atoms with Crippen LogP contribution in [0.25, 0.3) is 11.2 Å². The third-order valence-electron chi connectivity index (χ3n) is 6.11. The molecule has 3 heterocycles. The van der Waals surface area contributed by atoms with Gasteiger partial charge in [0.25, 0.3) is 0 Å². The molecule has 10 heteroatoms. The van der Waals surface area contributed by atoms with Crippen molar-refractivity contribution in [1.29, 1.82) is 0 Å². The van der Waals surface area contributed by atoms with Gasteiger partial charge >= 0.3 is 0 Å². The summed E-state index contributed by atoms with van der Waals surface area (Å²) in [5.74, 6) is 0.526. The maximum Gasteiger partial charge on any atom is 0.226 e. The molecule has 2 aromatic heterocycles. The molecule has 34 heavy (non-hydrogen) atoms. The lowest BCUT2D eigenvalue weighted by atomic mass is 9.91. The molecule has 0 aliphatic carbocycles. The van der Waals surface area contributed by atoms with Crippen LogP contribution in [0.15, 0.2) is 67.0 Å². The van der Waals surface area contributed by atoms with Crippen molar-refractivity contribution in [3.05, 3.63) is 78.1 Å². The molecule has 10 nitrogen and oxygen atoms in total. The zero-order valence-electron chi connectivity index (χ0n) is 18.3. The number of imidazole rings is 1. The van der Waals surface area contributed by atoms with Gasteiger partial charge in [-0.05, 0) is 11.1 Å². The monoisotopic (exact) mass is 462 g/mol. The molecule has 0 spiro atoms. The molecule has 1 aliphatic heterocycles. The van der Waals surface area contributed by atoms with E-state index < -0.39 is 31.1 Å². The van der Waals surface area contributed by atoms with Crippen molar-refractivity contribution in [2.75, 3.05) is 24.2 Å². The van der Waals surface area contributed by atoms with Crippen LogP contribution in [0.2, 0.25) is 0 Å². The zero-order chi connectivity index (χ0) is 23.7. The van der Waals surface area contributed by atoms with Gasteiger partial charge in [-0.25, -0.2) is 4.98 Å². The Kier molecular flexibility index (Phi) is 6.12. The average molecular weight is 463 g/mol. The number of fused-ring (bicyclic) bond motifs is 1. The van der Waals surface area contributed by atoms with E-state index in [0.29, 0.717) is 23.7 Å². The van der Waals surface area contributed by atoms with Gasteiger partial charge in [-0.15, -0.1) is 0 Å². The van der Waals surface area contributed by atoms with E-state index in [4.69, 9.17) is 10.5 Å². The first-order chi connectivity index (χ1) is 16.6. The van der Waals surface area contributed by atoms with Gasteiger partial charge in [-0.1, -0.05) is 60.7 Å². The van der Waals surface area contributed by atoms with Crippen molar-refractivity contribution in [1.82, 2.24) is 19.5 Å². The van der Waals surface area contributed by atoms with E-state index in [1.807, 2.05) is 36.4 Å². The molecule has 1 aliphatic rings. The van der Waals surface area contributed by atoms with Crippen molar-refractivity contribution in [2.45, 2.75) is 30.5 Å². The summed E-state index contributed by atoms with van der Waals surface area (Å²) in [6.45, 7) is 0.0899. The SMILES string of the molecule is Nc1nc(NCC(c2ccccc2)c2ccccc2)nc2c1ncn2[C@@H]1O[C@H](CO)C(O)C1O. The molecule has 0 bridgehead atoms. The van der Waals surface area contributed by atoms with Gasteiger partial charge in [0.1, 0.15) is 23.8 Å². The van der Waals surface area contributed by atoms with Crippen molar-refractivity contribution in [2.24, 2.45) is 0 Å². The summed E-state index contributed by atoms with van der Waals surface area (Å²) in [6, 6.07) is 20.3. The smallest absolute Gasteiger partial charge is 0.226 e. The minimum absolute atomic E-state index is 0.0493. The Morgan fingerprint density at radius 3 is 2.21 bits per heavy atom. The van der Waals surface area contributed by atoms with Crippen LogP contribution in [-0.2, 0) is 4.74 Å². The molecular weight excluding hydrogens is 436 g/mol. The highest BCUT2D eigenvalue weighted by atomic mass is 16.6. The minimum Gasteiger partial charge on any atom is -0.394 e. The Morgan fingerprint density at radius 1 is 0.971 bits per heavy atom. The third-order valence-corrected chi connectivity index (χ3v) is 6.11. The van der Waals surface area contributed by atoms with Crippen LogP contribution in [0.4, 0.5) is 11.8 Å². The fourth-order valence-corrected chi connectivity index (χ4v) is 4.31. The molecule has 1 fully saturated rings. The number of nitrogens with zero attached hydrogens (tertiary/aromatic N) is 4. The normalized spacial score (nSPS) is 22.5. The number of hydrogen-bond donors (Lipinski definition) is 5. The highest BCUT2D eigenvalue weighted by Gasteiger charge is 2.44. The number of nitrogens with two attached hydrogens (primary N) is 1. The van der Waals surface area contributed by atoms with Crippen LogP contribution < -0.4 is 11.1 Å². The van der Waals surface area contributed by atoms with Crippen molar-refractivity contribution in [3.8, 4) is 0 Å². The van der Waals surface area contributed by atoms with Gasteiger partial charge < -0.3 is 31.1 Å². The number of anilines is 2. The number of rotatable bonds is 7. The minimum atomic E-state index is -1.26. The first-order valence-electron chi connectivity index (χ1n) is 11.0. The highest BCUT2D eigenvalue weighted by Crippen LogP contribution is 2.32. The number of aromatic nitrogens is 4. The number of aliphatic hydroxyl groups is 3. The molecule has 0 saturated carbocycles. The standard InChI is InChI=1S/C24H26N6O4/c25-21-18-22(30(13-27-18)23-20(33)19(32)17(12-31)34-23)29-24(28-21)26-11-16(14-7-3-1-4-8-14)15-9-5-2-6-10-15/h1-10,13,16-17,19-20,23,31-33H,11-12H2,(H3,25,26,28,29)/t17-,19?,20?,23-/m1/s1. The fourth-order valence-electron chi connectivity index (χ4n) is 4.31. The molecule has 4 atom stereocenters. The Balaban J connectivity index is 1.44. The quantitative estimate of drug-likeness (QED) is 0.273. The third kappa shape index (κ3) is 4.08. The Morgan fingerprint density at radius 2 is 1.62 bits per heavy atom. The number of ether oxygens (including phenoxy) is 1. The Hall–Kier alpha value is -3.57. The van der Waals surface area contributed by atoms with Gasteiger partial charge in [0.15, 0.2) is 17.7 Å². The summed E-state index contributed by atoms with van der Waals surface area (Å²) in [5, 5.41) is 33.3. The molecule has 176 valence electrons. The number of aliphatic hydroxyl groups excluding tert-OH is 3. The lowest BCUT2D eigenvalue weighted by Crippen LogP contribution is -2.33. The van der Waals surface area contributed by atoms with Gasteiger partial charge in [0.2, 0.25) is 5.95 Å². The van der Waals surface area contributed by atoms with Crippen LogP contribution in [0, 0.1) is 0 Å². The van der Waals surface area contributed by atoms with E-state index >= 15 is 0 Å². The number of hydrogen-bond acceptors (Lipinski definition) is 9. The highest BCUT2D eigenvalue weighted by molar-refractivity contribution is 5.83.